The van der Waals surface area contributed by atoms with E-state index in [-0.39, 0.29) is 10.0 Å². The fraction of sp³-hybridized carbons (Fsp3) is 0.200. The van der Waals surface area contributed by atoms with Crippen molar-refractivity contribution < 1.29 is 22.7 Å². The van der Waals surface area contributed by atoms with E-state index in [9.17, 15) is 18.0 Å². The van der Waals surface area contributed by atoms with Crippen molar-refractivity contribution in [2.24, 2.45) is 0 Å². The molecule has 1 aromatic carbocycles. The third-order valence-corrected chi connectivity index (χ3v) is 4.54. The van der Waals surface area contributed by atoms with E-state index in [2.05, 4.69) is 4.98 Å². The van der Waals surface area contributed by atoms with Crippen LogP contribution in [0.1, 0.15) is 12.5 Å². The molecule has 0 spiro atoms. The van der Waals surface area contributed by atoms with Crippen molar-refractivity contribution in [3.8, 4) is 5.75 Å². The highest BCUT2D eigenvalue weighted by Gasteiger charge is 2.31. The molecule has 0 aliphatic heterocycles. The van der Waals surface area contributed by atoms with Crippen LogP contribution in [0.3, 0.4) is 0 Å². The molecule has 1 heterocycles. The molecule has 1 aromatic heterocycles. The third-order valence-electron chi connectivity index (χ3n) is 2.81. The lowest BCUT2D eigenvalue weighted by Crippen LogP contribution is -2.18. The average molecular weight is 396 g/mol. The smallest absolute Gasteiger partial charge is 0.417 e. The molecule has 0 aliphatic carbocycles. The van der Waals surface area contributed by atoms with Crippen molar-refractivity contribution in [2.75, 3.05) is 0 Å². The second-order valence-corrected chi connectivity index (χ2v) is 6.49. The zero-order chi connectivity index (χ0) is 17.9. The second kappa shape index (κ2) is 7.63. The predicted molar refractivity (Wildman–Crippen MR) is 85.8 cm³/mol. The zero-order valence-electron chi connectivity index (χ0n) is 12.1. The number of pyridine rings is 1. The third kappa shape index (κ3) is 5.03. The van der Waals surface area contributed by atoms with E-state index in [1.54, 1.807) is 24.3 Å². The SMILES string of the molecule is C[C@H](Oc1ccc(Sc2ncc(C(F)(F)F)cc2Cl)cc1)C(=O)Cl. The van der Waals surface area contributed by atoms with Gasteiger partial charge in [-0.15, -0.1) is 0 Å². The van der Waals surface area contributed by atoms with Crippen LogP contribution in [0.25, 0.3) is 0 Å². The summed E-state index contributed by atoms with van der Waals surface area (Å²) >= 11 is 12.3. The molecule has 0 fully saturated rings. The lowest BCUT2D eigenvalue weighted by Gasteiger charge is -2.11. The lowest BCUT2D eigenvalue weighted by molar-refractivity contribution is -0.137. The largest absolute Gasteiger partial charge is 0.482 e. The van der Waals surface area contributed by atoms with Crippen LogP contribution in [0.5, 0.6) is 5.75 Å². The quantitative estimate of drug-likeness (QED) is 0.632. The normalized spacial score (nSPS) is 12.8. The van der Waals surface area contributed by atoms with Gasteiger partial charge < -0.3 is 4.74 Å². The molecular formula is C15H10Cl2F3NO2S. The van der Waals surface area contributed by atoms with Gasteiger partial charge in [0.1, 0.15) is 10.8 Å². The fourth-order valence-corrected chi connectivity index (χ4v) is 2.69. The molecule has 0 N–H and O–H groups in total. The number of halogens is 5. The van der Waals surface area contributed by atoms with E-state index in [4.69, 9.17) is 27.9 Å². The van der Waals surface area contributed by atoms with E-state index in [0.717, 1.165) is 24.0 Å². The molecule has 24 heavy (non-hydrogen) atoms. The molecule has 2 rings (SSSR count). The van der Waals surface area contributed by atoms with Gasteiger partial charge in [0.25, 0.3) is 5.24 Å². The van der Waals surface area contributed by atoms with Gasteiger partial charge in [0.05, 0.1) is 10.6 Å². The molecule has 0 saturated carbocycles. The zero-order valence-corrected chi connectivity index (χ0v) is 14.4. The number of benzene rings is 1. The van der Waals surface area contributed by atoms with Gasteiger partial charge in [-0.05, 0) is 48.9 Å². The number of carbonyl (C=O) groups excluding carboxylic acids is 1. The van der Waals surface area contributed by atoms with E-state index >= 15 is 0 Å². The van der Waals surface area contributed by atoms with E-state index in [0.29, 0.717) is 10.6 Å². The summed E-state index contributed by atoms with van der Waals surface area (Å²) < 4.78 is 43.0. The maximum absolute atomic E-state index is 12.6. The molecule has 0 amide bonds. The van der Waals surface area contributed by atoms with Gasteiger partial charge >= 0.3 is 6.18 Å². The molecule has 3 nitrogen and oxygen atoms in total. The minimum Gasteiger partial charge on any atom is -0.482 e. The Labute approximate surface area is 150 Å². The first kappa shape index (κ1) is 18.9. The van der Waals surface area contributed by atoms with Crippen LogP contribution in [-0.4, -0.2) is 16.3 Å². The Morgan fingerprint density at radius 2 is 1.92 bits per heavy atom. The van der Waals surface area contributed by atoms with Crippen molar-refractivity contribution in [3.63, 3.8) is 0 Å². The monoisotopic (exact) mass is 395 g/mol. The Balaban J connectivity index is 2.10. The van der Waals surface area contributed by atoms with Gasteiger partial charge in [0.2, 0.25) is 0 Å². The first-order chi connectivity index (χ1) is 11.2. The van der Waals surface area contributed by atoms with Crippen LogP contribution in [0.2, 0.25) is 5.02 Å². The van der Waals surface area contributed by atoms with Crippen molar-refractivity contribution >= 4 is 40.2 Å². The minimum atomic E-state index is -4.49. The first-order valence-corrected chi connectivity index (χ1v) is 8.10. The number of rotatable bonds is 5. The molecule has 128 valence electrons. The summed E-state index contributed by atoms with van der Waals surface area (Å²) in [6.45, 7) is 1.52. The van der Waals surface area contributed by atoms with Crippen LogP contribution in [0.15, 0.2) is 46.5 Å². The van der Waals surface area contributed by atoms with Crippen molar-refractivity contribution in [1.82, 2.24) is 4.98 Å². The molecule has 0 radical (unpaired) electrons. The summed E-state index contributed by atoms with van der Waals surface area (Å²) in [6.07, 6.45) is -4.54. The maximum atomic E-state index is 12.6. The van der Waals surface area contributed by atoms with Gasteiger partial charge in [-0.25, -0.2) is 4.98 Å². The van der Waals surface area contributed by atoms with Crippen molar-refractivity contribution in [3.05, 3.63) is 47.1 Å². The van der Waals surface area contributed by atoms with E-state index in [1.165, 1.54) is 6.92 Å². The average Bonchev–Trinajstić information content (AvgIpc) is 2.50. The highest BCUT2D eigenvalue weighted by molar-refractivity contribution is 7.99. The molecule has 0 saturated heterocycles. The standard InChI is InChI=1S/C15H10Cl2F3NO2S/c1-8(13(17)22)23-10-2-4-11(5-3-10)24-14-12(16)6-9(7-21-14)15(18,19)20/h2-8H,1H3/t8-/m0/s1. The minimum absolute atomic E-state index is 0.0866. The highest BCUT2D eigenvalue weighted by atomic mass is 35.5. The topological polar surface area (TPSA) is 39.2 Å². The predicted octanol–water partition coefficient (Wildman–Crippen LogP) is 5.44. The van der Waals surface area contributed by atoms with E-state index in [1.807, 2.05) is 0 Å². The summed E-state index contributed by atoms with van der Waals surface area (Å²) in [7, 11) is 0. The molecule has 0 unspecified atom stereocenters. The van der Waals surface area contributed by atoms with Crippen LogP contribution < -0.4 is 4.74 Å². The molecule has 2 aromatic rings. The molecule has 0 aliphatic rings. The van der Waals surface area contributed by atoms with Gasteiger partial charge in [-0.1, -0.05) is 23.4 Å². The van der Waals surface area contributed by atoms with Crippen molar-refractivity contribution in [2.45, 2.75) is 29.1 Å². The first-order valence-electron chi connectivity index (χ1n) is 6.53. The van der Waals surface area contributed by atoms with Gasteiger partial charge in [0, 0.05) is 11.1 Å². The van der Waals surface area contributed by atoms with Crippen LogP contribution in [0.4, 0.5) is 13.2 Å². The number of alkyl halides is 3. The Kier molecular flexibility index (Phi) is 6.01. The van der Waals surface area contributed by atoms with Crippen LogP contribution in [-0.2, 0) is 11.0 Å². The summed E-state index contributed by atoms with van der Waals surface area (Å²) in [5.41, 5.74) is -0.902. The van der Waals surface area contributed by atoms with Crippen molar-refractivity contribution in [1.29, 1.82) is 0 Å². The van der Waals surface area contributed by atoms with E-state index < -0.39 is 23.1 Å². The Hall–Kier alpha value is -1.44. The summed E-state index contributed by atoms with van der Waals surface area (Å²) in [5.74, 6) is 0.437. The number of hydrogen-bond acceptors (Lipinski definition) is 4. The molecule has 0 bridgehead atoms. The van der Waals surface area contributed by atoms with Gasteiger partial charge in [-0.3, -0.25) is 4.79 Å². The van der Waals surface area contributed by atoms with Gasteiger partial charge in [0.15, 0.2) is 6.10 Å². The molecule has 9 heteroatoms. The number of hydrogen-bond donors (Lipinski definition) is 0. The second-order valence-electron chi connectivity index (χ2n) is 4.65. The number of carbonyl (C=O) groups is 1. The number of ether oxygens (including phenoxy) is 1. The summed E-state index contributed by atoms with van der Waals surface area (Å²) in [4.78, 5) is 15.4. The number of nitrogens with zero attached hydrogens (tertiary/aromatic N) is 1. The van der Waals surface area contributed by atoms with Crippen LogP contribution in [0, 0.1) is 0 Å². The summed E-state index contributed by atoms with van der Waals surface area (Å²) in [6, 6.07) is 7.39. The maximum Gasteiger partial charge on any atom is 0.417 e. The Bertz CT molecular complexity index is 738. The van der Waals surface area contributed by atoms with Gasteiger partial charge in [-0.2, -0.15) is 13.2 Å². The Morgan fingerprint density at radius 1 is 1.29 bits per heavy atom. The lowest BCUT2D eigenvalue weighted by atomic mass is 10.3. The number of aromatic nitrogens is 1. The summed E-state index contributed by atoms with van der Waals surface area (Å²) in [5, 5.41) is -0.451. The fourth-order valence-electron chi connectivity index (χ4n) is 1.60. The van der Waals surface area contributed by atoms with Crippen LogP contribution >= 0.6 is 35.0 Å². The highest BCUT2D eigenvalue weighted by Crippen LogP contribution is 2.36. The molecular weight excluding hydrogens is 386 g/mol. The Morgan fingerprint density at radius 3 is 2.42 bits per heavy atom. The molecule has 1 atom stereocenters.